The average molecular weight is 382 g/mol. The number of piperidine rings is 1. The van der Waals surface area contributed by atoms with E-state index in [4.69, 9.17) is 4.98 Å². The molecule has 3 aliphatic heterocycles. The summed E-state index contributed by atoms with van der Waals surface area (Å²) in [5.74, 6) is 1.72. The SMILES string of the molecule is O=C(Nc1ccccn1)N1c2nc(N3CCCC3F)ccc2N2CCC[C@H]1C2. The van der Waals surface area contributed by atoms with Crippen LogP contribution in [0.3, 0.4) is 0 Å². The van der Waals surface area contributed by atoms with E-state index in [-0.39, 0.29) is 12.1 Å². The summed E-state index contributed by atoms with van der Waals surface area (Å²) in [5, 5.41) is 2.88. The molecule has 2 atom stereocenters. The number of pyridine rings is 2. The third-order valence-electron chi connectivity index (χ3n) is 5.76. The van der Waals surface area contributed by atoms with Crippen LogP contribution in [0.5, 0.6) is 0 Å². The van der Waals surface area contributed by atoms with Crippen LogP contribution in [-0.2, 0) is 0 Å². The molecule has 0 saturated carbocycles. The molecular formula is C20H23FN6O. The number of urea groups is 1. The van der Waals surface area contributed by atoms with E-state index in [1.54, 1.807) is 22.1 Å². The highest BCUT2D eigenvalue weighted by Gasteiger charge is 2.39. The number of rotatable bonds is 2. The minimum atomic E-state index is -1.01. The second kappa shape index (κ2) is 6.92. The summed E-state index contributed by atoms with van der Waals surface area (Å²) in [6.45, 7) is 2.40. The Balaban J connectivity index is 1.52. The smallest absolute Gasteiger partial charge is 0.329 e. The van der Waals surface area contributed by atoms with Crippen LogP contribution in [0.25, 0.3) is 0 Å². The van der Waals surface area contributed by atoms with Crippen LogP contribution in [0.4, 0.5) is 32.3 Å². The monoisotopic (exact) mass is 382 g/mol. The summed E-state index contributed by atoms with van der Waals surface area (Å²) in [7, 11) is 0. The van der Waals surface area contributed by atoms with Crippen LogP contribution < -0.4 is 20.0 Å². The van der Waals surface area contributed by atoms with Gasteiger partial charge in [0.05, 0.1) is 11.7 Å². The molecule has 0 radical (unpaired) electrons. The molecule has 2 amide bonds. The molecule has 2 aromatic rings. The van der Waals surface area contributed by atoms with E-state index < -0.39 is 6.30 Å². The van der Waals surface area contributed by atoms with Crippen molar-refractivity contribution in [2.75, 3.05) is 39.7 Å². The van der Waals surface area contributed by atoms with Crippen LogP contribution >= 0.6 is 0 Å². The number of halogens is 1. The fourth-order valence-electron chi connectivity index (χ4n) is 4.42. The predicted molar refractivity (Wildman–Crippen MR) is 107 cm³/mol. The average Bonchev–Trinajstić information content (AvgIpc) is 3.14. The van der Waals surface area contributed by atoms with E-state index in [2.05, 4.69) is 15.2 Å². The largest absolute Gasteiger partial charge is 0.366 e. The summed E-state index contributed by atoms with van der Waals surface area (Å²) >= 11 is 0. The number of fused-ring (bicyclic) bond motifs is 4. The van der Waals surface area contributed by atoms with E-state index in [1.807, 2.05) is 24.3 Å². The van der Waals surface area contributed by atoms with E-state index in [9.17, 15) is 9.18 Å². The van der Waals surface area contributed by atoms with E-state index in [0.717, 1.165) is 38.0 Å². The maximum atomic E-state index is 14.3. The van der Waals surface area contributed by atoms with Gasteiger partial charge in [-0.2, -0.15) is 0 Å². The Kier molecular flexibility index (Phi) is 4.26. The van der Waals surface area contributed by atoms with Crippen molar-refractivity contribution in [3.63, 3.8) is 0 Å². The van der Waals surface area contributed by atoms with Crippen molar-refractivity contribution in [1.29, 1.82) is 0 Å². The Labute approximate surface area is 163 Å². The molecule has 5 heterocycles. The first-order valence-electron chi connectivity index (χ1n) is 9.88. The number of nitrogens with one attached hydrogen (secondary N) is 1. The molecule has 2 aromatic heterocycles. The van der Waals surface area contributed by atoms with Crippen LogP contribution in [0, 0.1) is 0 Å². The number of alkyl halides is 1. The quantitative estimate of drug-likeness (QED) is 0.807. The summed E-state index contributed by atoms with van der Waals surface area (Å²) in [5.41, 5.74) is 0.936. The van der Waals surface area contributed by atoms with Crippen LogP contribution in [0.15, 0.2) is 36.5 Å². The van der Waals surface area contributed by atoms with Gasteiger partial charge in [0.1, 0.15) is 11.6 Å². The zero-order valence-electron chi connectivity index (χ0n) is 15.6. The molecule has 2 saturated heterocycles. The number of carbonyl (C=O) groups is 1. The van der Waals surface area contributed by atoms with Crippen LogP contribution in [0.1, 0.15) is 25.7 Å². The Hall–Kier alpha value is -2.90. The van der Waals surface area contributed by atoms with Crippen LogP contribution in [-0.4, -0.2) is 48.0 Å². The number of hydrogen-bond donors (Lipinski definition) is 1. The van der Waals surface area contributed by atoms with Crippen molar-refractivity contribution < 1.29 is 9.18 Å². The van der Waals surface area contributed by atoms with Gasteiger partial charge >= 0.3 is 6.03 Å². The van der Waals surface area contributed by atoms with Gasteiger partial charge in [-0.25, -0.2) is 19.2 Å². The number of amides is 2. The molecule has 8 heteroatoms. The van der Waals surface area contributed by atoms with Crippen molar-refractivity contribution in [2.45, 2.75) is 38.0 Å². The summed E-state index contributed by atoms with van der Waals surface area (Å²) < 4.78 is 14.3. The number of hydrogen-bond acceptors (Lipinski definition) is 5. The number of carbonyl (C=O) groups excluding carboxylic acids is 1. The molecule has 146 valence electrons. The first-order chi connectivity index (χ1) is 13.7. The molecule has 1 N–H and O–H groups in total. The van der Waals surface area contributed by atoms with Gasteiger partial charge in [-0.3, -0.25) is 10.2 Å². The number of nitrogens with zero attached hydrogens (tertiary/aromatic N) is 5. The van der Waals surface area contributed by atoms with Gasteiger partial charge in [0.25, 0.3) is 0 Å². The van der Waals surface area contributed by atoms with Crippen molar-refractivity contribution in [2.24, 2.45) is 0 Å². The number of anilines is 4. The highest BCUT2D eigenvalue weighted by molar-refractivity contribution is 6.04. The number of aromatic nitrogens is 2. The van der Waals surface area contributed by atoms with Gasteiger partial charge in [-0.1, -0.05) is 6.07 Å². The van der Waals surface area contributed by atoms with Crippen molar-refractivity contribution >= 4 is 29.2 Å². The predicted octanol–water partition coefficient (Wildman–Crippen LogP) is 3.39. The Morgan fingerprint density at radius 1 is 1.14 bits per heavy atom. The van der Waals surface area contributed by atoms with Gasteiger partial charge in [0.2, 0.25) is 0 Å². The van der Waals surface area contributed by atoms with Crippen LogP contribution in [0.2, 0.25) is 0 Å². The lowest BCUT2D eigenvalue weighted by molar-refractivity contribution is 0.252. The minimum Gasteiger partial charge on any atom is -0.366 e. The third kappa shape index (κ3) is 2.93. The van der Waals surface area contributed by atoms with Crippen molar-refractivity contribution in [3.8, 4) is 0 Å². The first kappa shape index (κ1) is 17.2. The topological polar surface area (TPSA) is 64.6 Å². The highest BCUT2D eigenvalue weighted by atomic mass is 19.1. The molecule has 2 fully saturated rings. The van der Waals surface area contributed by atoms with Crippen molar-refractivity contribution in [1.82, 2.24) is 9.97 Å². The molecule has 0 spiro atoms. The molecule has 1 unspecified atom stereocenters. The Morgan fingerprint density at radius 2 is 2.04 bits per heavy atom. The Morgan fingerprint density at radius 3 is 2.82 bits per heavy atom. The molecule has 0 aliphatic carbocycles. The summed E-state index contributed by atoms with van der Waals surface area (Å²) in [6.07, 6.45) is 3.93. The first-order valence-corrected chi connectivity index (χ1v) is 9.88. The maximum Gasteiger partial charge on any atom is 0.329 e. The molecule has 7 nitrogen and oxygen atoms in total. The van der Waals surface area contributed by atoms with E-state index >= 15 is 0 Å². The molecule has 2 bridgehead atoms. The van der Waals surface area contributed by atoms with E-state index in [0.29, 0.717) is 30.4 Å². The van der Waals surface area contributed by atoms with Gasteiger partial charge in [-0.05, 0) is 49.9 Å². The fourth-order valence-corrected chi connectivity index (χ4v) is 4.42. The summed E-state index contributed by atoms with van der Waals surface area (Å²) in [6, 6.07) is 9.06. The lowest BCUT2D eigenvalue weighted by Crippen LogP contribution is -2.56. The third-order valence-corrected chi connectivity index (χ3v) is 5.76. The molecular weight excluding hydrogens is 359 g/mol. The fraction of sp³-hybridized carbons (Fsp3) is 0.450. The lowest BCUT2D eigenvalue weighted by Gasteiger charge is -2.46. The van der Waals surface area contributed by atoms with Crippen molar-refractivity contribution in [3.05, 3.63) is 36.5 Å². The lowest BCUT2D eigenvalue weighted by atomic mass is 10.00. The highest BCUT2D eigenvalue weighted by Crippen LogP contribution is 2.40. The van der Waals surface area contributed by atoms with Gasteiger partial charge < -0.3 is 9.80 Å². The van der Waals surface area contributed by atoms with Gasteiger partial charge in [0.15, 0.2) is 12.1 Å². The second-order valence-corrected chi connectivity index (χ2v) is 7.54. The maximum absolute atomic E-state index is 14.3. The normalized spacial score (nSPS) is 23.5. The van der Waals surface area contributed by atoms with E-state index in [1.165, 1.54) is 0 Å². The Bertz CT molecular complexity index is 878. The zero-order valence-corrected chi connectivity index (χ0v) is 15.6. The minimum absolute atomic E-state index is 0.0486. The second-order valence-electron chi connectivity index (χ2n) is 7.54. The van der Waals surface area contributed by atoms with Gasteiger partial charge in [0, 0.05) is 25.8 Å². The molecule has 0 aromatic carbocycles. The molecule has 28 heavy (non-hydrogen) atoms. The molecule has 5 rings (SSSR count). The molecule has 3 aliphatic rings. The zero-order chi connectivity index (χ0) is 19.1. The van der Waals surface area contributed by atoms with Gasteiger partial charge in [-0.15, -0.1) is 0 Å². The standard InChI is InChI=1S/C20H23FN6O/c21-16-6-4-12-26(16)18-9-8-15-19(24-18)27(14-5-3-11-25(15)13-14)20(28)23-17-7-1-2-10-22-17/h1-2,7-10,14,16H,3-6,11-13H2,(H,22,23,28)/t14-,16?/m0/s1. The summed E-state index contributed by atoms with van der Waals surface area (Å²) in [4.78, 5) is 27.8.